The second-order valence-electron chi connectivity index (χ2n) is 7.14. The molecule has 6 nitrogen and oxygen atoms in total. The summed E-state index contributed by atoms with van der Waals surface area (Å²) in [5, 5.41) is 3.63. The van der Waals surface area contributed by atoms with E-state index in [0.717, 1.165) is 50.3 Å². The molecular formula is C19H31N5O. The number of aryl methyl sites for hydroxylation is 1. The maximum Gasteiger partial charge on any atom is 0.327 e. The van der Waals surface area contributed by atoms with Crippen molar-refractivity contribution in [3.05, 3.63) is 34.9 Å². The van der Waals surface area contributed by atoms with Gasteiger partial charge in [0, 0.05) is 31.5 Å². The van der Waals surface area contributed by atoms with Crippen LogP contribution in [-0.4, -0.2) is 25.1 Å². The summed E-state index contributed by atoms with van der Waals surface area (Å²) in [4.78, 5) is 19.7. The molecule has 0 radical (unpaired) electrons. The maximum atomic E-state index is 12.5. The van der Waals surface area contributed by atoms with E-state index < -0.39 is 0 Å². The van der Waals surface area contributed by atoms with E-state index in [9.17, 15) is 4.79 Å². The van der Waals surface area contributed by atoms with E-state index in [0.29, 0.717) is 6.04 Å². The molecule has 1 fully saturated rings. The van der Waals surface area contributed by atoms with Crippen LogP contribution in [0.2, 0.25) is 0 Å². The fraction of sp³-hybridized carbons (Fsp3) is 0.684. The molecule has 1 saturated carbocycles. The molecule has 2 heterocycles. The molecule has 0 saturated heterocycles. The molecule has 138 valence electrons. The second-order valence-corrected chi connectivity index (χ2v) is 7.14. The SMILES string of the molecule is CCCCc1c(NC2CCCCC2)[nH]c(=O)n1CCCn1ccnc1. The number of nitrogens with one attached hydrogen (secondary N) is 2. The van der Waals surface area contributed by atoms with Gasteiger partial charge in [-0.1, -0.05) is 32.6 Å². The van der Waals surface area contributed by atoms with E-state index in [1.165, 1.54) is 32.1 Å². The Bertz CT molecular complexity index is 679. The molecule has 0 aromatic carbocycles. The molecule has 0 aliphatic heterocycles. The monoisotopic (exact) mass is 345 g/mol. The smallest absolute Gasteiger partial charge is 0.327 e. The van der Waals surface area contributed by atoms with Crippen LogP contribution in [0.5, 0.6) is 0 Å². The van der Waals surface area contributed by atoms with E-state index in [1.807, 2.05) is 17.1 Å². The number of hydrogen-bond donors (Lipinski definition) is 2. The van der Waals surface area contributed by atoms with Crippen molar-refractivity contribution in [2.45, 2.75) is 83.8 Å². The number of nitrogens with zero attached hydrogens (tertiary/aromatic N) is 3. The largest absolute Gasteiger partial charge is 0.367 e. The summed E-state index contributed by atoms with van der Waals surface area (Å²) in [6, 6.07) is 0.506. The number of hydrogen-bond acceptors (Lipinski definition) is 3. The van der Waals surface area contributed by atoms with Crippen LogP contribution in [0.4, 0.5) is 5.82 Å². The average molecular weight is 345 g/mol. The maximum absolute atomic E-state index is 12.5. The summed E-state index contributed by atoms with van der Waals surface area (Å²) < 4.78 is 4.00. The number of unbranched alkanes of at least 4 members (excludes halogenated alkanes) is 1. The van der Waals surface area contributed by atoms with Gasteiger partial charge in [0.15, 0.2) is 0 Å². The van der Waals surface area contributed by atoms with Gasteiger partial charge < -0.3 is 9.88 Å². The molecule has 0 bridgehead atoms. The van der Waals surface area contributed by atoms with Crippen LogP contribution < -0.4 is 11.0 Å². The third kappa shape index (κ3) is 4.77. The number of H-pyrrole nitrogens is 1. The van der Waals surface area contributed by atoms with Crippen molar-refractivity contribution >= 4 is 5.82 Å². The van der Waals surface area contributed by atoms with E-state index in [-0.39, 0.29) is 5.69 Å². The Morgan fingerprint density at radius 1 is 1.24 bits per heavy atom. The van der Waals surface area contributed by atoms with Crippen molar-refractivity contribution < 1.29 is 0 Å². The predicted molar refractivity (Wildman–Crippen MR) is 101 cm³/mol. The van der Waals surface area contributed by atoms with Crippen molar-refractivity contribution in [2.75, 3.05) is 5.32 Å². The highest BCUT2D eigenvalue weighted by Crippen LogP contribution is 2.23. The molecule has 0 spiro atoms. The quantitative estimate of drug-likeness (QED) is 0.730. The van der Waals surface area contributed by atoms with Crippen LogP contribution >= 0.6 is 0 Å². The molecule has 0 unspecified atom stereocenters. The molecule has 0 amide bonds. The van der Waals surface area contributed by atoms with E-state index in [4.69, 9.17) is 0 Å². The molecule has 2 aromatic rings. The minimum Gasteiger partial charge on any atom is -0.367 e. The van der Waals surface area contributed by atoms with E-state index in [1.54, 1.807) is 6.20 Å². The van der Waals surface area contributed by atoms with Crippen LogP contribution in [0.25, 0.3) is 0 Å². The lowest BCUT2D eigenvalue weighted by Gasteiger charge is -2.23. The molecule has 2 aromatic heterocycles. The predicted octanol–water partition coefficient (Wildman–Crippen LogP) is 3.55. The molecule has 6 heteroatoms. The number of aromatic nitrogens is 4. The van der Waals surface area contributed by atoms with Crippen LogP contribution in [0.1, 0.15) is 64.0 Å². The number of imidazole rings is 2. The molecular weight excluding hydrogens is 314 g/mol. The molecule has 0 atom stereocenters. The third-order valence-corrected chi connectivity index (χ3v) is 5.17. The van der Waals surface area contributed by atoms with E-state index >= 15 is 0 Å². The Morgan fingerprint density at radius 2 is 2.08 bits per heavy atom. The highest BCUT2D eigenvalue weighted by molar-refractivity contribution is 5.42. The van der Waals surface area contributed by atoms with Crippen LogP contribution in [0, 0.1) is 0 Å². The first-order valence-corrected chi connectivity index (χ1v) is 9.82. The first-order valence-electron chi connectivity index (χ1n) is 9.82. The van der Waals surface area contributed by atoms with Gasteiger partial charge in [-0.2, -0.15) is 0 Å². The molecule has 3 rings (SSSR count). The minimum absolute atomic E-state index is 0.0232. The number of aromatic amines is 1. The average Bonchev–Trinajstić information content (AvgIpc) is 3.23. The number of rotatable bonds is 9. The Morgan fingerprint density at radius 3 is 2.80 bits per heavy atom. The van der Waals surface area contributed by atoms with Crippen molar-refractivity contribution in [3.8, 4) is 0 Å². The fourth-order valence-corrected chi connectivity index (χ4v) is 3.75. The Hall–Kier alpha value is -1.98. The highest BCUT2D eigenvalue weighted by atomic mass is 16.1. The topological polar surface area (TPSA) is 67.6 Å². The first-order chi connectivity index (χ1) is 12.3. The lowest BCUT2D eigenvalue weighted by Crippen LogP contribution is -2.23. The van der Waals surface area contributed by atoms with Gasteiger partial charge in [0.1, 0.15) is 5.82 Å². The zero-order valence-corrected chi connectivity index (χ0v) is 15.3. The lowest BCUT2D eigenvalue weighted by atomic mass is 9.95. The van der Waals surface area contributed by atoms with Gasteiger partial charge in [-0.05, 0) is 32.1 Å². The highest BCUT2D eigenvalue weighted by Gasteiger charge is 2.18. The molecule has 25 heavy (non-hydrogen) atoms. The van der Waals surface area contributed by atoms with Gasteiger partial charge in [-0.25, -0.2) is 9.78 Å². The summed E-state index contributed by atoms with van der Waals surface area (Å²) >= 11 is 0. The molecule has 1 aliphatic rings. The lowest BCUT2D eigenvalue weighted by molar-refractivity contribution is 0.461. The summed E-state index contributed by atoms with van der Waals surface area (Å²) in [6.45, 7) is 3.83. The summed E-state index contributed by atoms with van der Waals surface area (Å²) in [6.07, 6.45) is 16.1. The van der Waals surface area contributed by atoms with Gasteiger partial charge in [-0.15, -0.1) is 0 Å². The Labute approximate surface area is 149 Å². The zero-order valence-electron chi connectivity index (χ0n) is 15.3. The Balaban J connectivity index is 1.69. The number of anilines is 1. The second kappa shape index (κ2) is 8.92. The van der Waals surface area contributed by atoms with Crippen LogP contribution in [0.15, 0.2) is 23.5 Å². The third-order valence-electron chi connectivity index (χ3n) is 5.17. The minimum atomic E-state index is 0.0232. The van der Waals surface area contributed by atoms with Gasteiger partial charge in [0.25, 0.3) is 0 Å². The van der Waals surface area contributed by atoms with Crippen molar-refractivity contribution in [1.82, 2.24) is 19.1 Å². The molecule has 1 aliphatic carbocycles. The van der Waals surface area contributed by atoms with Crippen molar-refractivity contribution in [1.29, 1.82) is 0 Å². The summed E-state index contributed by atoms with van der Waals surface area (Å²) in [5.74, 6) is 0.966. The van der Waals surface area contributed by atoms with Gasteiger partial charge in [0.2, 0.25) is 0 Å². The van der Waals surface area contributed by atoms with Gasteiger partial charge in [0.05, 0.1) is 12.0 Å². The van der Waals surface area contributed by atoms with Gasteiger partial charge in [-0.3, -0.25) is 9.55 Å². The first kappa shape index (κ1) is 17.8. The normalized spacial score (nSPS) is 15.6. The van der Waals surface area contributed by atoms with Crippen molar-refractivity contribution in [2.24, 2.45) is 0 Å². The summed E-state index contributed by atoms with van der Waals surface area (Å²) in [5.41, 5.74) is 1.18. The Kier molecular flexibility index (Phi) is 6.36. The molecule has 2 N–H and O–H groups in total. The van der Waals surface area contributed by atoms with Crippen LogP contribution in [-0.2, 0) is 19.5 Å². The fourth-order valence-electron chi connectivity index (χ4n) is 3.75. The standard InChI is InChI=1S/C19H31N5O/c1-2-3-10-17-18(21-16-8-5-4-6-9-16)22-19(25)24(17)13-7-12-23-14-11-20-15-23/h11,14-16,21H,2-10,12-13H2,1H3,(H,22,25). The summed E-state index contributed by atoms with van der Waals surface area (Å²) in [7, 11) is 0. The van der Waals surface area contributed by atoms with Crippen molar-refractivity contribution in [3.63, 3.8) is 0 Å². The van der Waals surface area contributed by atoms with E-state index in [2.05, 4.69) is 26.8 Å². The van der Waals surface area contributed by atoms with Crippen LogP contribution in [0.3, 0.4) is 0 Å². The van der Waals surface area contributed by atoms with Gasteiger partial charge >= 0.3 is 5.69 Å². The zero-order chi connectivity index (χ0) is 17.5.